The van der Waals surface area contributed by atoms with Crippen LogP contribution in [0.15, 0.2) is 72.8 Å². The molecule has 1 unspecified atom stereocenters. The van der Waals surface area contributed by atoms with Crippen molar-refractivity contribution in [2.75, 3.05) is 0 Å². The molecule has 0 amide bonds. The molecule has 0 N–H and O–H groups in total. The van der Waals surface area contributed by atoms with Crippen LogP contribution in [0, 0.1) is 0 Å². The Morgan fingerprint density at radius 3 is 1.65 bits per heavy atom. The number of rotatable bonds is 9. The minimum atomic E-state index is -3.95. The van der Waals surface area contributed by atoms with E-state index in [1.807, 2.05) is 114 Å². The molecule has 0 radical (unpaired) electrons. The van der Waals surface area contributed by atoms with Gasteiger partial charge in [-0.1, -0.05) is 81.4 Å². The molecule has 3 aromatic rings. The molecule has 3 aromatic carbocycles. The van der Waals surface area contributed by atoms with Crippen LogP contribution in [0.2, 0.25) is 0 Å². The molecule has 9 heteroatoms. The van der Waals surface area contributed by atoms with E-state index in [0.717, 1.165) is 15.9 Å². The average molecular weight is 601 g/mol. The van der Waals surface area contributed by atoms with Gasteiger partial charge in [-0.05, 0) is 75.0 Å². The van der Waals surface area contributed by atoms with E-state index in [1.165, 1.54) is 0 Å². The molecule has 0 fully saturated rings. The zero-order valence-electron chi connectivity index (χ0n) is 25.0. The zero-order valence-corrected chi connectivity index (χ0v) is 27.8. The SMILES string of the molecule is CC(C)OP(=O)(OC(C)C)c1cc(C(C)(C)C)cc2c1[Si](c1ccccc1)(c1ccccc1)OP2(=O)OC(C)C. The van der Waals surface area contributed by atoms with E-state index >= 15 is 9.13 Å². The lowest BCUT2D eigenvalue weighted by molar-refractivity contribution is 0.150. The Labute approximate surface area is 240 Å². The Balaban J connectivity index is 2.26. The van der Waals surface area contributed by atoms with E-state index in [2.05, 4.69) is 20.8 Å². The summed E-state index contributed by atoms with van der Waals surface area (Å²) in [6, 6.07) is 23.5. The Kier molecular flexibility index (Phi) is 8.91. The summed E-state index contributed by atoms with van der Waals surface area (Å²) >= 11 is 0. The Morgan fingerprint density at radius 1 is 0.775 bits per heavy atom. The van der Waals surface area contributed by atoms with E-state index in [-0.39, 0.29) is 23.7 Å². The number of hydrogen-bond donors (Lipinski definition) is 0. The van der Waals surface area contributed by atoms with Crippen LogP contribution >= 0.6 is 15.2 Å². The lowest BCUT2D eigenvalue weighted by atomic mass is 9.87. The smallest absolute Gasteiger partial charge is 0.333 e. The van der Waals surface area contributed by atoms with Gasteiger partial charge < -0.3 is 17.8 Å². The van der Waals surface area contributed by atoms with Crippen molar-refractivity contribution in [2.45, 2.75) is 86.0 Å². The predicted molar refractivity (Wildman–Crippen MR) is 167 cm³/mol. The summed E-state index contributed by atoms with van der Waals surface area (Å²) < 4.78 is 55.7. The van der Waals surface area contributed by atoms with Crippen molar-refractivity contribution >= 4 is 49.7 Å². The summed E-state index contributed by atoms with van der Waals surface area (Å²) in [5.74, 6) is 0. The lowest BCUT2D eigenvalue weighted by Gasteiger charge is -2.32. The zero-order chi connectivity index (χ0) is 29.5. The van der Waals surface area contributed by atoms with Gasteiger partial charge in [-0.25, -0.2) is 0 Å². The summed E-state index contributed by atoms with van der Waals surface area (Å²) in [4.78, 5) is 0. The van der Waals surface area contributed by atoms with Crippen LogP contribution in [0.1, 0.15) is 67.9 Å². The fraction of sp³-hybridized carbons (Fsp3) is 0.419. The van der Waals surface area contributed by atoms with Gasteiger partial charge in [-0.3, -0.25) is 9.13 Å². The normalized spacial score (nSPS) is 19.0. The summed E-state index contributed by atoms with van der Waals surface area (Å²) in [7, 11) is -11.4. The third-order valence-corrected chi connectivity index (χ3v) is 16.6. The first-order chi connectivity index (χ1) is 18.6. The monoisotopic (exact) mass is 600 g/mol. The fourth-order valence-corrected chi connectivity index (χ4v) is 16.7. The van der Waals surface area contributed by atoms with Gasteiger partial charge in [0.1, 0.15) is 0 Å². The van der Waals surface area contributed by atoms with Crippen LogP contribution in [-0.4, -0.2) is 26.6 Å². The van der Waals surface area contributed by atoms with Crippen molar-refractivity contribution < 1.29 is 26.9 Å². The maximum Gasteiger partial charge on any atom is 0.361 e. The van der Waals surface area contributed by atoms with Gasteiger partial charge in [-0.15, -0.1) is 0 Å². The van der Waals surface area contributed by atoms with Crippen LogP contribution < -0.4 is 26.2 Å². The molecule has 6 nitrogen and oxygen atoms in total. The van der Waals surface area contributed by atoms with Crippen LogP contribution in [-0.2, 0) is 32.3 Å². The third-order valence-electron chi connectivity index (χ3n) is 6.57. The van der Waals surface area contributed by atoms with Crippen LogP contribution in [0.3, 0.4) is 0 Å². The molecular weight excluding hydrogens is 558 g/mol. The predicted octanol–water partition coefficient (Wildman–Crippen LogP) is 5.89. The van der Waals surface area contributed by atoms with Gasteiger partial charge in [0.05, 0.1) is 28.9 Å². The first kappa shape index (κ1) is 31.1. The molecule has 1 heterocycles. The Bertz CT molecular complexity index is 1380. The molecule has 1 aliphatic heterocycles. The third kappa shape index (κ3) is 5.89. The van der Waals surface area contributed by atoms with Crippen molar-refractivity contribution in [1.29, 1.82) is 0 Å². The molecule has 216 valence electrons. The van der Waals surface area contributed by atoms with Crippen LogP contribution in [0.4, 0.5) is 0 Å². The van der Waals surface area contributed by atoms with E-state index in [4.69, 9.17) is 17.8 Å². The largest absolute Gasteiger partial charge is 0.361 e. The molecule has 1 atom stereocenters. The summed E-state index contributed by atoms with van der Waals surface area (Å²) in [5.41, 5.74) is 0.488. The first-order valence-corrected chi connectivity index (χ1v) is 18.9. The van der Waals surface area contributed by atoms with Gasteiger partial charge in [0.15, 0.2) is 0 Å². The highest BCUT2D eigenvalue weighted by atomic mass is 31.2. The topological polar surface area (TPSA) is 71.1 Å². The van der Waals surface area contributed by atoms with Crippen molar-refractivity contribution in [3.63, 3.8) is 0 Å². The molecule has 0 bridgehead atoms. The molecule has 40 heavy (non-hydrogen) atoms. The molecule has 0 saturated carbocycles. The first-order valence-electron chi connectivity index (χ1n) is 13.9. The highest BCUT2D eigenvalue weighted by Crippen LogP contribution is 2.57. The maximum atomic E-state index is 15.0. The molecule has 4 rings (SSSR count). The lowest BCUT2D eigenvalue weighted by Crippen LogP contribution is -2.71. The van der Waals surface area contributed by atoms with E-state index in [1.54, 1.807) is 0 Å². The van der Waals surface area contributed by atoms with E-state index in [9.17, 15) is 0 Å². The molecule has 0 aliphatic carbocycles. The van der Waals surface area contributed by atoms with Crippen molar-refractivity contribution in [3.8, 4) is 0 Å². The summed E-state index contributed by atoms with van der Waals surface area (Å²) in [6.45, 7) is 17.3. The summed E-state index contributed by atoms with van der Waals surface area (Å²) in [6.07, 6.45) is -1.14. The molecule has 0 aromatic heterocycles. The van der Waals surface area contributed by atoms with Crippen molar-refractivity contribution in [3.05, 3.63) is 78.4 Å². The van der Waals surface area contributed by atoms with E-state index < -0.39 is 23.5 Å². The highest BCUT2D eigenvalue weighted by Gasteiger charge is 2.61. The second-order valence-electron chi connectivity index (χ2n) is 12.1. The van der Waals surface area contributed by atoms with Crippen LogP contribution in [0.5, 0.6) is 0 Å². The second-order valence-corrected chi connectivity index (χ2v) is 19.4. The van der Waals surface area contributed by atoms with E-state index in [0.29, 0.717) is 15.8 Å². The minimum absolute atomic E-state index is 0.362. The standard InChI is InChI=1S/C31H42O6P2Si/c1-22(2)34-38(32,35-23(3)4)28-20-25(31(7,8)9)21-29-30(28)40(26-16-12-10-13-17-26,27-18-14-11-15-19-27)37-39(29,33)36-24(5)6/h10-24H,1-9H3. The Morgan fingerprint density at radius 2 is 1.25 bits per heavy atom. The Hall–Kier alpha value is -1.82. The molecule has 1 aliphatic rings. The quantitative estimate of drug-likeness (QED) is 0.225. The minimum Gasteiger partial charge on any atom is -0.333 e. The highest BCUT2D eigenvalue weighted by molar-refractivity contribution is 7.69. The second kappa shape index (κ2) is 11.5. The van der Waals surface area contributed by atoms with Gasteiger partial charge in [-0.2, -0.15) is 0 Å². The fourth-order valence-electron chi connectivity index (χ4n) is 5.07. The van der Waals surface area contributed by atoms with Crippen molar-refractivity contribution in [2.24, 2.45) is 0 Å². The average Bonchev–Trinajstić information content (AvgIpc) is 3.12. The van der Waals surface area contributed by atoms with Crippen LogP contribution in [0.25, 0.3) is 0 Å². The van der Waals surface area contributed by atoms with Crippen molar-refractivity contribution in [1.82, 2.24) is 0 Å². The van der Waals surface area contributed by atoms with Gasteiger partial charge in [0.25, 0.3) is 0 Å². The summed E-state index contributed by atoms with van der Waals surface area (Å²) in [5, 5.41) is 3.23. The van der Waals surface area contributed by atoms with Gasteiger partial charge in [0.2, 0.25) is 0 Å². The molecule has 0 saturated heterocycles. The number of fused-ring (bicyclic) bond motifs is 1. The molecular formula is C31H42O6P2Si. The molecule has 0 spiro atoms. The maximum absolute atomic E-state index is 15.0. The van der Waals surface area contributed by atoms with Gasteiger partial charge >= 0.3 is 23.5 Å². The van der Waals surface area contributed by atoms with Gasteiger partial charge in [0, 0.05) is 5.19 Å². The number of hydrogen-bond acceptors (Lipinski definition) is 6. The number of benzene rings is 3.